The fourth-order valence-corrected chi connectivity index (χ4v) is 5.59. The Morgan fingerprint density at radius 1 is 1.26 bits per heavy atom. The Morgan fingerprint density at radius 2 is 2.00 bits per heavy atom. The van der Waals surface area contributed by atoms with Gasteiger partial charge in [0.15, 0.2) is 0 Å². The molecule has 35 heavy (non-hydrogen) atoms. The van der Waals surface area contributed by atoms with Crippen LogP contribution in [0, 0.1) is 18.3 Å². The van der Waals surface area contributed by atoms with Crippen LogP contribution in [-0.2, 0) is 17.9 Å². The number of piperazine rings is 1. The number of carbonyl (C=O) groups excluding carboxylic acids is 1. The molecule has 4 heterocycles. The summed E-state index contributed by atoms with van der Waals surface area (Å²) in [6.45, 7) is 7.90. The Labute approximate surface area is 214 Å². The zero-order valence-electron chi connectivity index (χ0n) is 20.2. The zero-order valence-corrected chi connectivity index (χ0v) is 21.9. The van der Waals surface area contributed by atoms with E-state index < -0.39 is 0 Å². The van der Waals surface area contributed by atoms with Gasteiger partial charge in [-0.3, -0.25) is 19.1 Å². The van der Waals surface area contributed by atoms with E-state index in [-0.39, 0.29) is 23.6 Å². The van der Waals surface area contributed by atoms with Crippen LogP contribution in [0.1, 0.15) is 42.2 Å². The van der Waals surface area contributed by atoms with E-state index in [1.165, 1.54) is 16.7 Å². The number of hydrogen-bond acceptors (Lipinski definition) is 8. The minimum Gasteiger partial charge on any atom is -0.467 e. The molecule has 184 valence electrons. The molecule has 10 heteroatoms. The lowest BCUT2D eigenvalue weighted by atomic mass is 10.0. The number of likely N-dealkylation sites (N-methyl/N-ethyl adjacent to an activating group) is 1. The van der Waals surface area contributed by atoms with Crippen molar-refractivity contribution in [2.75, 3.05) is 38.1 Å². The molecule has 0 spiro atoms. The van der Waals surface area contributed by atoms with E-state index in [0.717, 1.165) is 50.4 Å². The molecule has 8 nitrogen and oxygen atoms in total. The molecule has 2 saturated heterocycles. The first-order chi connectivity index (χ1) is 16.8. The summed E-state index contributed by atoms with van der Waals surface area (Å²) in [6.07, 6.45) is 5.12. The van der Waals surface area contributed by atoms with Crippen LogP contribution in [0.4, 0.5) is 5.82 Å². The van der Waals surface area contributed by atoms with E-state index in [1.807, 2.05) is 6.08 Å². The third kappa shape index (κ3) is 5.08. The lowest BCUT2D eigenvalue weighted by Gasteiger charge is -2.36. The van der Waals surface area contributed by atoms with Gasteiger partial charge in [-0.1, -0.05) is 37.3 Å². The maximum atomic E-state index is 13.4. The number of hydrogen-bond donors (Lipinski definition) is 0. The molecule has 0 N–H and O–H groups in total. The molecule has 0 bridgehead atoms. The third-order valence-corrected chi connectivity index (χ3v) is 7.81. The Kier molecular flexibility index (Phi) is 7.79. The average Bonchev–Trinajstić information content (AvgIpc) is 3.45. The molecule has 2 aromatic rings. The van der Waals surface area contributed by atoms with Crippen molar-refractivity contribution in [3.05, 3.63) is 56.1 Å². The van der Waals surface area contributed by atoms with Crippen molar-refractivity contribution in [2.24, 2.45) is 0 Å². The SMILES string of the molecule is CCCCn1c(N2CCN(C)CC2)c(/C=C2\SC(=S)N(Cc3ccco3)C2=O)c(C)c(C#N)c1=O. The number of amides is 1. The van der Waals surface area contributed by atoms with E-state index in [0.29, 0.717) is 27.1 Å². The van der Waals surface area contributed by atoms with Gasteiger partial charge in [0.05, 0.1) is 17.7 Å². The van der Waals surface area contributed by atoms with Crippen molar-refractivity contribution >= 4 is 46.1 Å². The van der Waals surface area contributed by atoms with Crippen LogP contribution in [0.5, 0.6) is 0 Å². The fraction of sp³-hybridized carbons (Fsp3) is 0.440. The quantitative estimate of drug-likeness (QED) is 0.412. The number of pyridine rings is 1. The molecule has 2 aliphatic rings. The van der Waals surface area contributed by atoms with Crippen LogP contribution >= 0.6 is 24.0 Å². The molecule has 2 fully saturated rings. The highest BCUT2D eigenvalue weighted by atomic mass is 32.2. The molecule has 0 atom stereocenters. The maximum absolute atomic E-state index is 13.4. The minimum atomic E-state index is -0.269. The molecule has 1 amide bonds. The molecule has 2 aromatic heterocycles. The molecule has 0 aliphatic carbocycles. The first-order valence-electron chi connectivity index (χ1n) is 11.7. The molecule has 0 radical (unpaired) electrons. The fourth-order valence-electron chi connectivity index (χ4n) is 4.35. The van der Waals surface area contributed by atoms with Crippen LogP contribution in [0.15, 0.2) is 32.5 Å². The predicted octanol–water partition coefficient (Wildman–Crippen LogP) is 3.57. The Balaban J connectivity index is 1.83. The van der Waals surface area contributed by atoms with Gasteiger partial charge in [-0.15, -0.1) is 0 Å². The summed E-state index contributed by atoms with van der Waals surface area (Å²) < 4.78 is 7.59. The average molecular weight is 512 g/mol. The second kappa shape index (κ2) is 10.8. The van der Waals surface area contributed by atoms with E-state index >= 15 is 0 Å². The Hall–Kier alpha value is -2.87. The summed E-state index contributed by atoms with van der Waals surface area (Å²) in [5.41, 5.74) is 1.18. The van der Waals surface area contributed by atoms with E-state index in [2.05, 4.69) is 29.8 Å². The minimum absolute atomic E-state index is 0.122. The number of thioether (sulfide) groups is 1. The molecular formula is C25H29N5O3S2. The van der Waals surface area contributed by atoms with Crippen LogP contribution in [0.25, 0.3) is 6.08 Å². The highest BCUT2D eigenvalue weighted by molar-refractivity contribution is 8.26. The second-order valence-electron chi connectivity index (χ2n) is 8.80. The van der Waals surface area contributed by atoms with E-state index in [9.17, 15) is 14.9 Å². The number of nitrogens with zero attached hydrogens (tertiary/aromatic N) is 5. The number of carbonyl (C=O) groups is 1. The van der Waals surface area contributed by atoms with E-state index in [1.54, 1.807) is 29.9 Å². The highest BCUT2D eigenvalue weighted by Crippen LogP contribution is 2.36. The number of anilines is 1. The topological polar surface area (TPSA) is 85.7 Å². The molecular weight excluding hydrogens is 482 g/mol. The molecule has 2 aliphatic heterocycles. The number of thiocarbonyl (C=S) groups is 1. The smallest absolute Gasteiger partial charge is 0.270 e. The normalized spacial score (nSPS) is 18.1. The maximum Gasteiger partial charge on any atom is 0.270 e. The number of nitriles is 1. The first kappa shape index (κ1) is 25.2. The molecule has 0 aromatic carbocycles. The number of furan rings is 1. The zero-order chi connectivity index (χ0) is 25.1. The van der Waals surface area contributed by atoms with Gasteiger partial charge in [-0.2, -0.15) is 5.26 Å². The monoisotopic (exact) mass is 511 g/mol. The van der Waals surface area contributed by atoms with Crippen molar-refractivity contribution in [1.82, 2.24) is 14.4 Å². The van der Waals surface area contributed by atoms with Crippen molar-refractivity contribution < 1.29 is 9.21 Å². The van der Waals surface area contributed by atoms with Gasteiger partial charge >= 0.3 is 0 Å². The summed E-state index contributed by atoms with van der Waals surface area (Å²) >= 11 is 6.74. The number of unbranched alkanes of at least 4 members (excludes halogenated alkanes) is 1. The largest absolute Gasteiger partial charge is 0.467 e. The van der Waals surface area contributed by atoms with Crippen molar-refractivity contribution in [3.8, 4) is 6.07 Å². The van der Waals surface area contributed by atoms with Crippen molar-refractivity contribution in [1.29, 1.82) is 5.26 Å². The van der Waals surface area contributed by atoms with Gasteiger partial charge in [0.1, 0.15) is 27.5 Å². The lowest BCUT2D eigenvalue weighted by Crippen LogP contribution is -2.47. The van der Waals surface area contributed by atoms with Gasteiger partial charge < -0.3 is 14.2 Å². The third-order valence-electron chi connectivity index (χ3n) is 6.43. The second-order valence-corrected chi connectivity index (χ2v) is 10.5. The molecule has 4 rings (SSSR count). The summed E-state index contributed by atoms with van der Waals surface area (Å²) in [6, 6.07) is 5.69. The first-order valence-corrected chi connectivity index (χ1v) is 13.0. The molecule has 0 unspecified atom stereocenters. The van der Waals surface area contributed by atoms with Gasteiger partial charge in [-0.05, 0) is 44.2 Å². The lowest BCUT2D eigenvalue weighted by molar-refractivity contribution is -0.122. The standard InChI is InChI=1S/C25H29N5O3S2/c1-4-5-8-29-22(28-11-9-27(3)10-12-28)19(17(2)20(15-26)23(29)31)14-21-24(32)30(25(34)35-21)16-18-7-6-13-33-18/h6-7,13-14H,4-5,8-12,16H2,1-3H3/b21-14-. The number of rotatable bonds is 7. The summed E-state index contributed by atoms with van der Waals surface area (Å²) in [4.78, 5) is 33.1. The summed E-state index contributed by atoms with van der Waals surface area (Å²) in [5, 5.41) is 9.83. The van der Waals surface area contributed by atoms with Crippen LogP contribution in [0.2, 0.25) is 0 Å². The van der Waals surface area contributed by atoms with E-state index in [4.69, 9.17) is 16.6 Å². The van der Waals surface area contributed by atoms with Gasteiger partial charge in [0.2, 0.25) is 0 Å². The van der Waals surface area contributed by atoms with Crippen molar-refractivity contribution in [2.45, 2.75) is 39.8 Å². The molecule has 0 saturated carbocycles. The van der Waals surface area contributed by atoms with Crippen LogP contribution in [-0.4, -0.2) is 57.8 Å². The Morgan fingerprint density at radius 3 is 2.63 bits per heavy atom. The van der Waals surface area contributed by atoms with Crippen LogP contribution in [0.3, 0.4) is 0 Å². The summed E-state index contributed by atoms with van der Waals surface area (Å²) in [5.74, 6) is 1.23. The highest BCUT2D eigenvalue weighted by Gasteiger charge is 2.34. The predicted molar refractivity (Wildman–Crippen MR) is 142 cm³/mol. The van der Waals surface area contributed by atoms with Gasteiger partial charge in [-0.25, -0.2) is 0 Å². The number of aromatic nitrogens is 1. The Bertz CT molecular complexity index is 1250. The van der Waals surface area contributed by atoms with Crippen molar-refractivity contribution in [3.63, 3.8) is 0 Å². The van der Waals surface area contributed by atoms with Crippen LogP contribution < -0.4 is 10.5 Å². The van der Waals surface area contributed by atoms with Gasteiger partial charge in [0, 0.05) is 38.3 Å². The van der Waals surface area contributed by atoms with Gasteiger partial charge in [0.25, 0.3) is 11.5 Å². The summed E-state index contributed by atoms with van der Waals surface area (Å²) in [7, 11) is 2.08.